The van der Waals surface area contributed by atoms with E-state index in [4.69, 9.17) is 0 Å². The van der Waals surface area contributed by atoms with Crippen molar-refractivity contribution in [2.24, 2.45) is 0 Å². The number of rotatable bonds is 3. The van der Waals surface area contributed by atoms with Gasteiger partial charge in [-0.2, -0.15) is 0 Å². The van der Waals surface area contributed by atoms with Crippen LogP contribution in [0.4, 0.5) is 5.69 Å². The first-order valence-corrected chi connectivity index (χ1v) is 9.56. The van der Waals surface area contributed by atoms with E-state index in [1.54, 1.807) is 23.1 Å². The highest BCUT2D eigenvalue weighted by molar-refractivity contribution is 6.06. The van der Waals surface area contributed by atoms with Crippen LogP contribution in [0.15, 0.2) is 42.5 Å². The van der Waals surface area contributed by atoms with Crippen LogP contribution in [0.2, 0.25) is 0 Å². The highest BCUT2D eigenvalue weighted by atomic mass is 16.2. The van der Waals surface area contributed by atoms with Crippen molar-refractivity contribution in [3.05, 3.63) is 59.4 Å². The van der Waals surface area contributed by atoms with Crippen LogP contribution >= 0.6 is 0 Å². The summed E-state index contributed by atoms with van der Waals surface area (Å²) < 4.78 is 0. The van der Waals surface area contributed by atoms with Gasteiger partial charge >= 0.3 is 0 Å². The summed E-state index contributed by atoms with van der Waals surface area (Å²) in [4.78, 5) is 36.1. The Balaban J connectivity index is 1.51. The molecule has 0 bridgehead atoms. The Morgan fingerprint density at radius 1 is 0.889 bits per heavy atom. The van der Waals surface area contributed by atoms with Gasteiger partial charge in [0.25, 0.3) is 11.8 Å². The van der Waals surface area contributed by atoms with E-state index < -0.39 is 0 Å². The van der Waals surface area contributed by atoms with Gasteiger partial charge in [0.15, 0.2) is 0 Å². The fraction of sp³-hybridized carbons (Fsp3) is 0.381. The molecule has 2 aromatic rings. The van der Waals surface area contributed by atoms with Crippen molar-refractivity contribution in [2.75, 3.05) is 44.2 Å². The van der Waals surface area contributed by atoms with Crippen LogP contribution in [0.5, 0.6) is 0 Å². The van der Waals surface area contributed by atoms with Gasteiger partial charge in [-0.15, -0.1) is 0 Å². The highest BCUT2D eigenvalue weighted by Crippen LogP contribution is 2.28. The van der Waals surface area contributed by atoms with Gasteiger partial charge in [0.05, 0.1) is 0 Å². The lowest BCUT2D eigenvalue weighted by Gasteiger charge is -2.33. The number of aromatic nitrogens is 1. The van der Waals surface area contributed by atoms with Crippen LogP contribution in [-0.4, -0.2) is 65.9 Å². The molecule has 0 unspecified atom stereocenters. The summed E-state index contributed by atoms with van der Waals surface area (Å²) >= 11 is 0. The van der Waals surface area contributed by atoms with Crippen LogP contribution in [0.1, 0.15) is 33.5 Å². The van der Waals surface area contributed by atoms with E-state index in [-0.39, 0.29) is 11.8 Å². The lowest BCUT2D eigenvalue weighted by molar-refractivity contribution is 0.0637. The number of para-hydroxylation sites is 1. The molecule has 2 amide bonds. The lowest BCUT2D eigenvalue weighted by atomic mass is 10.2. The SMILES string of the molecule is CCN1CCN(C(=O)c2cccc(C(=O)N3CCc4ccccc43)n2)CC1. The third-order valence-electron chi connectivity index (χ3n) is 5.43. The summed E-state index contributed by atoms with van der Waals surface area (Å²) in [7, 11) is 0. The van der Waals surface area contributed by atoms with Gasteiger partial charge in [0.1, 0.15) is 11.4 Å². The molecule has 6 nitrogen and oxygen atoms in total. The van der Waals surface area contributed by atoms with Crippen molar-refractivity contribution in [3.63, 3.8) is 0 Å². The first kappa shape index (κ1) is 17.7. The number of carbonyl (C=O) groups excluding carboxylic acids is 2. The summed E-state index contributed by atoms with van der Waals surface area (Å²) in [6, 6.07) is 13.1. The van der Waals surface area contributed by atoms with E-state index in [0.29, 0.717) is 31.0 Å². The van der Waals surface area contributed by atoms with Crippen molar-refractivity contribution in [1.29, 1.82) is 0 Å². The van der Waals surface area contributed by atoms with Gasteiger partial charge in [-0.25, -0.2) is 4.98 Å². The van der Waals surface area contributed by atoms with Crippen molar-refractivity contribution in [3.8, 4) is 0 Å². The monoisotopic (exact) mass is 364 g/mol. The summed E-state index contributed by atoms with van der Waals surface area (Å²) in [6.45, 7) is 6.94. The molecule has 2 aliphatic rings. The molecule has 3 heterocycles. The summed E-state index contributed by atoms with van der Waals surface area (Å²) in [5, 5.41) is 0. The first-order chi connectivity index (χ1) is 13.2. The number of nitrogens with zero attached hydrogens (tertiary/aromatic N) is 4. The van der Waals surface area contributed by atoms with E-state index in [1.165, 1.54) is 5.56 Å². The average molecular weight is 364 g/mol. The number of pyridine rings is 1. The largest absolute Gasteiger partial charge is 0.335 e. The number of benzene rings is 1. The third-order valence-corrected chi connectivity index (χ3v) is 5.43. The quantitative estimate of drug-likeness (QED) is 0.837. The molecule has 0 N–H and O–H groups in total. The van der Waals surface area contributed by atoms with E-state index >= 15 is 0 Å². The van der Waals surface area contributed by atoms with E-state index in [9.17, 15) is 9.59 Å². The Hall–Kier alpha value is -2.73. The van der Waals surface area contributed by atoms with E-state index in [2.05, 4.69) is 16.8 Å². The zero-order valence-corrected chi connectivity index (χ0v) is 15.6. The lowest BCUT2D eigenvalue weighted by Crippen LogP contribution is -2.48. The zero-order valence-electron chi connectivity index (χ0n) is 15.6. The van der Waals surface area contributed by atoms with Crippen molar-refractivity contribution >= 4 is 17.5 Å². The maximum atomic E-state index is 13.0. The molecular formula is C21H24N4O2. The van der Waals surface area contributed by atoms with Gasteiger partial charge in [-0.1, -0.05) is 31.2 Å². The Bertz CT molecular complexity index is 859. The van der Waals surface area contributed by atoms with Gasteiger partial charge in [-0.3, -0.25) is 9.59 Å². The third kappa shape index (κ3) is 3.45. The minimum Gasteiger partial charge on any atom is -0.335 e. The predicted molar refractivity (Wildman–Crippen MR) is 104 cm³/mol. The average Bonchev–Trinajstić information content (AvgIpc) is 3.17. The number of hydrogen-bond donors (Lipinski definition) is 0. The minimum absolute atomic E-state index is 0.0952. The number of carbonyl (C=O) groups is 2. The molecule has 140 valence electrons. The fourth-order valence-corrected chi connectivity index (χ4v) is 3.79. The van der Waals surface area contributed by atoms with E-state index in [0.717, 1.165) is 31.7 Å². The topological polar surface area (TPSA) is 56.8 Å². The Kier molecular flexibility index (Phi) is 4.90. The van der Waals surface area contributed by atoms with Crippen LogP contribution < -0.4 is 4.90 Å². The molecule has 0 aliphatic carbocycles. The molecule has 0 radical (unpaired) electrons. The van der Waals surface area contributed by atoms with Crippen molar-refractivity contribution in [1.82, 2.24) is 14.8 Å². The van der Waals surface area contributed by atoms with Crippen molar-refractivity contribution in [2.45, 2.75) is 13.3 Å². The molecule has 1 saturated heterocycles. The van der Waals surface area contributed by atoms with Gasteiger partial charge in [0, 0.05) is 38.4 Å². The molecule has 6 heteroatoms. The number of fused-ring (bicyclic) bond motifs is 1. The van der Waals surface area contributed by atoms with Crippen LogP contribution in [0, 0.1) is 0 Å². The first-order valence-electron chi connectivity index (χ1n) is 9.56. The summed E-state index contributed by atoms with van der Waals surface area (Å²) in [5.41, 5.74) is 2.78. The second-order valence-corrected chi connectivity index (χ2v) is 6.97. The minimum atomic E-state index is -0.148. The predicted octanol–water partition coefficient (Wildman–Crippen LogP) is 2.06. The summed E-state index contributed by atoms with van der Waals surface area (Å²) in [6.07, 6.45) is 0.849. The van der Waals surface area contributed by atoms with Crippen molar-refractivity contribution < 1.29 is 9.59 Å². The molecule has 27 heavy (non-hydrogen) atoms. The molecule has 0 atom stereocenters. The number of piperazine rings is 1. The van der Waals surface area contributed by atoms with E-state index in [1.807, 2.05) is 29.2 Å². The molecular weight excluding hydrogens is 340 g/mol. The number of likely N-dealkylation sites (N-methyl/N-ethyl adjacent to an activating group) is 1. The smallest absolute Gasteiger partial charge is 0.276 e. The maximum absolute atomic E-state index is 13.0. The second-order valence-electron chi connectivity index (χ2n) is 6.97. The molecule has 0 spiro atoms. The molecule has 4 rings (SSSR count). The second kappa shape index (κ2) is 7.48. The Morgan fingerprint density at radius 2 is 1.59 bits per heavy atom. The number of anilines is 1. The Morgan fingerprint density at radius 3 is 2.33 bits per heavy atom. The number of amides is 2. The molecule has 1 fully saturated rings. The van der Waals surface area contributed by atoms with Crippen LogP contribution in [-0.2, 0) is 6.42 Å². The van der Waals surface area contributed by atoms with Gasteiger partial charge in [-0.05, 0) is 36.7 Å². The molecule has 2 aliphatic heterocycles. The fourth-order valence-electron chi connectivity index (χ4n) is 3.79. The normalized spacial score (nSPS) is 17.1. The number of hydrogen-bond acceptors (Lipinski definition) is 4. The summed E-state index contributed by atoms with van der Waals surface area (Å²) in [5.74, 6) is -0.243. The van der Waals surface area contributed by atoms with Crippen LogP contribution in [0.3, 0.4) is 0 Å². The molecule has 1 aromatic heterocycles. The molecule has 0 saturated carbocycles. The maximum Gasteiger partial charge on any atom is 0.276 e. The standard InChI is InChI=1S/C21H24N4O2/c1-2-23-12-14-24(15-13-23)20(26)17-7-5-8-18(22-17)21(27)25-11-10-16-6-3-4-9-19(16)25/h3-9H,2,10-15H2,1H3. The van der Waals surface area contributed by atoms with Crippen LogP contribution in [0.25, 0.3) is 0 Å². The molecule has 1 aromatic carbocycles. The Labute approximate surface area is 159 Å². The zero-order chi connectivity index (χ0) is 18.8. The highest BCUT2D eigenvalue weighted by Gasteiger charge is 2.27. The van der Waals surface area contributed by atoms with Gasteiger partial charge in [0.2, 0.25) is 0 Å². The van der Waals surface area contributed by atoms with Gasteiger partial charge < -0.3 is 14.7 Å².